The van der Waals surface area contributed by atoms with Crippen molar-refractivity contribution in [2.45, 2.75) is 77.7 Å². The summed E-state index contributed by atoms with van der Waals surface area (Å²) >= 11 is 0. The molecule has 1 N–H and O–H groups in total. The summed E-state index contributed by atoms with van der Waals surface area (Å²) < 4.78 is 0. The molecule has 118 valence electrons. The molecule has 4 fully saturated rings. The topological polar surface area (TPSA) is 37.3 Å². The zero-order valence-corrected chi connectivity index (χ0v) is 13.6. The smallest absolute Gasteiger partial charge is 0.139 e. The first kappa shape index (κ1) is 14.2. The lowest BCUT2D eigenvalue weighted by molar-refractivity contribution is -0.159. The van der Waals surface area contributed by atoms with Crippen LogP contribution >= 0.6 is 0 Å². The van der Waals surface area contributed by atoms with Crippen molar-refractivity contribution in [2.75, 3.05) is 0 Å². The highest BCUT2D eigenvalue weighted by Gasteiger charge is 2.61. The first-order chi connectivity index (χ1) is 9.97. The molecule has 0 saturated heterocycles. The van der Waals surface area contributed by atoms with Gasteiger partial charge in [-0.1, -0.05) is 26.7 Å². The van der Waals surface area contributed by atoms with Crippen molar-refractivity contribution in [1.82, 2.24) is 0 Å². The zero-order valence-electron chi connectivity index (χ0n) is 13.6. The van der Waals surface area contributed by atoms with Gasteiger partial charge in [-0.05, 0) is 67.6 Å². The van der Waals surface area contributed by atoms with Crippen LogP contribution in [0.5, 0.6) is 0 Å². The van der Waals surface area contributed by atoms with Crippen molar-refractivity contribution in [3.8, 4) is 0 Å². The van der Waals surface area contributed by atoms with E-state index < -0.39 is 0 Å². The average Bonchev–Trinajstić information content (AvgIpc) is 2.75. The third-order valence-electron chi connectivity index (χ3n) is 8.30. The number of aliphatic hydroxyl groups excluding tert-OH is 1. The fourth-order valence-electron chi connectivity index (χ4n) is 7.13. The van der Waals surface area contributed by atoms with Gasteiger partial charge in [0.05, 0.1) is 6.10 Å². The predicted molar refractivity (Wildman–Crippen MR) is 82.7 cm³/mol. The largest absolute Gasteiger partial charge is 0.393 e. The fourth-order valence-corrected chi connectivity index (χ4v) is 7.13. The summed E-state index contributed by atoms with van der Waals surface area (Å²) in [6, 6.07) is 0. The molecule has 7 atom stereocenters. The van der Waals surface area contributed by atoms with Crippen LogP contribution in [0, 0.1) is 34.5 Å². The van der Waals surface area contributed by atoms with Gasteiger partial charge in [0.15, 0.2) is 0 Å². The van der Waals surface area contributed by atoms with E-state index in [1.54, 1.807) is 0 Å². The summed E-state index contributed by atoms with van der Waals surface area (Å²) in [5, 5.41) is 10.8. The number of rotatable bonds is 0. The van der Waals surface area contributed by atoms with Gasteiger partial charge in [0.1, 0.15) is 5.78 Å². The molecule has 0 amide bonds. The molecule has 0 aromatic rings. The van der Waals surface area contributed by atoms with Gasteiger partial charge in [-0.2, -0.15) is 0 Å². The highest BCUT2D eigenvalue weighted by Crippen LogP contribution is 2.65. The van der Waals surface area contributed by atoms with Crippen LogP contribution in [-0.2, 0) is 4.79 Å². The molecule has 0 aromatic heterocycles. The predicted octanol–water partition coefficient (Wildman–Crippen LogP) is 3.96. The maximum absolute atomic E-state index is 12.4. The highest BCUT2D eigenvalue weighted by molar-refractivity contribution is 5.87. The molecule has 0 aliphatic heterocycles. The fraction of sp³-hybridized carbons (Fsp3) is 0.947. The second-order valence-corrected chi connectivity index (χ2v) is 8.96. The third kappa shape index (κ3) is 1.77. The van der Waals surface area contributed by atoms with E-state index in [0.29, 0.717) is 29.0 Å². The van der Waals surface area contributed by atoms with Crippen LogP contribution in [0.4, 0.5) is 0 Å². The molecule has 0 radical (unpaired) electrons. The lowest BCUT2D eigenvalue weighted by Crippen LogP contribution is -2.57. The monoisotopic (exact) mass is 290 g/mol. The Morgan fingerprint density at radius 3 is 2.62 bits per heavy atom. The van der Waals surface area contributed by atoms with Crippen LogP contribution in [-0.4, -0.2) is 17.0 Å². The molecule has 0 bridgehead atoms. The summed E-state index contributed by atoms with van der Waals surface area (Å²) in [7, 11) is 0. The van der Waals surface area contributed by atoms with E-state index >= 15 is 0 Å². The van der Waals surface area contributed by atoms with E-state index in [9.17, 15) is 9.90 Å². The number of hydrogen-bond donors (Lipinski definition) is 1. The van der Waals surface area contributed by atoms with E-state index in [1.165, 1.54) is 32.1 Å². The van der Waals surface area contributed by atoms with Crippen LogP contribution in [0.25, 0.3) is 0 Å². The molecule has 4 rings (SSSR count). The van der Waals surface area contributed by atoms with Gasteiger partial charge in [-0.3, -0.25) is 4.79 Å². The molecular weight excluding hydrogens is 260 g/mol. The van der Waals surface area contributed by atoms with Crippen LogP contribution in [0.3, 0.4) is 0 Å². The van der Waals surface area contributed by atoms with Crippen molar-refractivity contribution in [3.63, 3.8) is 0 Å². The molecule has 0 heterocycles. The van der Waals surface area contributed by atoms with Crippen LogP contribution in [0.1, 0.15) is 71.6 Å². The Morgan fingerprint density at radius 1 is 1.00 bits per heavy atom. The van der Waals surface area contributed by atoms with E-state index in [1.807, 2.05) is 0 Å². The molecule has 21 heavy (non-hydrogen) atoms. The Bertz CT molecular complexity index is 458. The minimum Gasteiger partial charge on any atom is -0.393 e. The van der Waals surface area contributed by atoms with Gasteiger partial charge in [0.25, 0.3) is 0 Å². The minimum absolute atomic E-state index is 0.0568. The SMILES string of the molecule is CC12CCC3C(CC(O)C4CCCCC43C)C1CCC2=O. The van der Waals surface area contributed by atoms with E-state index in [0.717, 1.165) is 31.6 Å². The number of carbonyl (C=O) groups is 1. The van der Waals surface area contributed by atoms with Crippen molar-refractivity contribution in [1.29, 1.82) is 0 Å². The van der Waals surface area contributed by atoms with E-state index in [-0.39, 0.29) is 11.5 Å². The van der Waals surface area contributed by atoms with Gasteiger partial charge >= 0.3 is 0 Å². The third-order valence-corrected chi connectivity index (χ3v) is 8.30. The molecule has 0 spiro atoms. The van der Waals surface area contributed by atoms with Crippen molar-refractivity contribution < 1.29 is 9.90 Å². The molecular formula is C19H30O2. The van der Waals surface area contributed by atoms with Gasteiger partial charge in [0, 0.05) is 11.8 Å². The number of Topliss-reactive ketones (excluding diaryl/α,β-unsaturated/α-hetero) is 1. The molecule has 4 aliphatic rings. The maximum atomic E-state index is 12.4. The Kier molecular flexibility index (Phi) is 3.10. The Balaban J connectivity index is 1.69. The quantitative estimate of drug-likeness (QED) is 0.733. The summed E-state index contributed by atoms with van der Waals surface area (Å²) in [6.45, 7) is 4.70. The lowest BCUT2D eigenvalue weighted by atomic mass is 9.45. The second-order valence-electron chi connectivity index (χ2n) is 8.96. The van der Waals surface area contributed by atoms with Gasteiger partial charge in [-0.25, -0.2) is 0 Å². The number of hydrogen-bond acceptors (Lipinski definition) is 2. The number of fused-ring (bicyclic) bond motifs is 5. The maximum Gasteiger partial charge on any atom is 0.139 e. The summed E-state index contributed by atoms with van der Waals surface area (Å²) in [4.78, 5) is 12.4. The molecule has 7 unspecified atom stereocenters. The summed E-state index contributed by atoms with van der Waals surface area (Å²) in [5.41, 5.74) is 0.284. The Labute approximate surface area is 128 Å². The number of carbonyl (C=O) groups excluding carboxylic acids is 1. The van der Waals surface area contributed by atoms with Crippen molar-refractivity contribution in [3.05, 3.63) is 0 Å². The molecule has 2 nitrogen and oxygen atoms in total. The van der Waals surface area contributed by atoms with Gasteiger partial charge < -0.3 is 5.11 Å². The first-order valence-electron chi connectivity index (χ1n) is 9.18. The summed E-state index contributed by atoms with van der Waals surface area (Å²) in [6.07, 6.45) is 10.2. The number of ketones is 1. The standard InChI is InChI=1S/C19H30O2/c1-18-9-4-3-5-15(18)16(20)11-12-13-6-7-17(21)19(13,2)10-8-14(12)18/h12-16,20H,3-11H2,1-2H3. The molecule has 4 saturated carbocycles. The van der Waals surface area contributed by atoms with Crippen LogP contribution in [0.2, 0.25) is 0 Å². The van der Waals surface area contributed by atoms with E-state index in [2.05, 4.69) is 13.8 Å². The van der Waals surface area contributed by atoms with Crippen molar-refractivity contribution in [2.24, 2.45) is 34.5 Å². The first-order valence-corrected chi connectivity index (χ1v) is 9.18. The van der Waals surface area contributed by atoms with Crippen molar-refractivity contribution >= 4 is 5.78 Å². The van der Waals surface area contributed by atoms with E-state index in [4.69, 9.17) is 0 Å². The Morgan fingerprint density at radius 2 is 1.81 bits per heavy atom. The molecule has 4 aliphatic carbocycles. The van der Waals surface area contributed by atoms with Gasteiger partial charge in [0.2, 0.25) is 0 Å². The average molecular weight is 290 g/mol. The normalized spacial score (nSPS) is 56.5. The lowest BCUT2D eigenvalue weighted by Gasteiger charge is -2.60. The number of aliphatic hydroxyl groups is 1. The highest BCUT2D eigenvalue weighted by atomic mass is 16.3. The van der Waals surface area contributed by atoms with Crippen LogP contribution < -0.4 is 0 Å². The zero-order chi connectivity index (χ0) is 14.8. The van der Waals surface area contributed by atoms with Crippen LogP contribution in [0.15, 0.2) is 0 Å². The molecule has 2 heteroatoms. The molecule has 0 aromatic carbocycles. The summed E-state index contributed by atoms with van der Waals surface area (Å²) in [5.74, 6) is 2.95. The second kappa shape index (κ2) is 4.57. The minimum atomic E-state index is -0.116. The van der Waals surface area contributed by atoms with Gasteiger partial charge in [-0.15, -0.1) is 0 Å². The Hall–Kier alpha value is -0.370.